The number of hydrogen-bond donors (Lipinski definition) is 1. The molecule has 0 saturated carbocycles. The van der Waals surface area contributed by atoms with Crippen molar-refractivity contribution in [1.29, 1.82) is 0 Å². The number of hydrogen-bond acceptors (Lipinski definition) is 4. The lowest BCUT2D eigenvalue weighted by atomic mass is 10.2. The maximum Gasteiger partial charge on any atom is 0.261 e. The zero-order valence-corrected chi connectivity index (χ0v) is 13.1. The molecule has 0 aliphatic rings. The predicted octanol–water partition coefficient (Wildman–Crippen LogP) is 1.64. The molecular formula is C16H17N5O2. The third-order valence-corrected chi connectivity index (χ3v) is 3.98. The van der Waals surface area contributed by atoms with Gasteiger partial charge in [0.05, 0.1) is 34.8 Å². The minimum Gasteiger partial charge on any atom is -0.321 e. The van der Waals surface area contributed by atoms with Crippen LogP contribution in [-0.4, -0.2) is 25.2 Å². The molecule has 2 aromatic heterocycles. The molecule has 23 heavy (non-hydrogen) atoms. The van der Waals surface area contributed by atoms with Crippen LogP contribution in [-0.2, 0) is 11.8 Å². The lowest BCUT2D eigenvalue weighted by molar-refractivity contribution is -0.118. The highest BCUT2D eigenvalue weighted by Crippen LogP contribution is 2.15. The van der Waals surface area contributed by atoms with Crippen molar-refractivity contribution in [3.05, 3.63) is 52.8 Å². The topological polar surface area (TPSA) is 81.8 Å². The molecule has 1 N–H and O–H groups in total. The van der Waals surface area contributed by atoms with E-state index in [0.29, 0.717) is 16.6 Å². The number of fused-ring (bicyclic) bond motifs is 1. The van der Waals surface area contributed by atoms with Crippen molar-refractivity contribution in [2.75, 3.05) is 5.32 Å². The Morgan fingerprint density at radius 1 is 1.30 bits per heavy atom. The van der Waals surface area contributed by atoms with Crippen molar-refractivity contribution in [3.8, 4) is 0 Å². The molecule has 0 radical (unpaired) electrons. The molecule has 1 unspecified atom stereocenters. The third-order valence-electron chi connectivity index (χ3n) is 3.98. The van der Waals surface area contributed by atoms with Gasteiger partial charge in [-0.2, -0.15) is 5.10 Å². The van der Waals surface area contributed by atoms with Crippen molar-refractivity contribution in [3.63, 3.8) is 0 Å². The summed E-state index contributed by atoms with van der Waals surface area (Å²) in [4.78, 5) is 29.2. The van der Waals surface area contributed by atoms with Gasteiger partial charge in [0.15, 0.2) is 0 Å². The van der Waals surface area contributed by atoms with Crippen molar-refractivity contribution in [2.45, 2.75) is 19.9 Å². The molecule has 0 aliphatic heterocycles. The van der Waals surface area contributed by atoms with E-state index in [9.17, 15) is 9.59 Å². The van der Waals surface area contributed by atoms with Gasteiger partial charge in [0, 0.05) is 7.05 Å². The molecule has 0 saturated heterocycles. The smallest absolute Gasteiger partial charge is 0.261 e. The predicted molar refractivity (Wildman–Crippen MR) is 87.3 cm³/mol. The lowest BCUT2D eigenvalue weighted by Crippen LogP contribution is -2.31. The van der Waals surface area contributed by atoms with Gasteiger partial charge in [-0.05, 0) is 26.0 Å². The normalized spacial score (nSPS) is 12.3. The molecule has 1 amide bonds. The second kappa shape index (κ2) is 5.68. The van der Waals surface area contributed by atoms with Crippen LogP contribution in [0.1, 0.15) is 18.7 Å². The Balaban J connectivity index is 1.92. The monoisotopic (exact) mass is 311 g/mol. The summed E-state index contributed by atoms with van der Waals surface area (Å²) in [6.45, 7) is 3.52. The Bertz CT molecular complexity index is 941. The molecule has 7 nitrogen and oxygen atoms in total. The summed E-state index contributed by atoms with van der Waals surface area (Å²) >= 11 is 0. The number of aryl methyl sites for hydroxylation is 1. The van der Waals surface area contributed by atoms with E-state index < -0.39 is 6.04 Å². The standard InChI is InChI=1S/C16H17N5O2/c1-10-14(8-18-20(10)3)19-15(22)11(2)21-9-17-13-7-5-4-6-12(13)16(21)23/h4-9,11H,1-3H3,(H,19,22). The molecule has 0 aliphatic carbocycles. The van der Waals surface area contributed by atoms with Gasteiger partial charge < -0.3 is 5.32 Å². The van der Waals surface area contributed by atoms with E-state index in [1.807, 2.05) is 13.0 Å². The van der Waals surface area contributed by atoms with Crippen LogP contribution in [0.15, 0.2) is 41.6 Å². The van der Waals surface area contributed by atoms with E-state index in [-0.39, 0.29) is 11.5 Å². The molecule has 118 valence electrons. The molecule has 3 aromatic rings. The quantitative estimate of drug-likeness (QED) is 0.797. The molecule has 1 aromatic carbocycles. The van der Waals surface area contributed by atoms with Gasteiger partial charge in [0.1, 0.15) is 6.04 Å². The number of carbonyl (C=O) groups excluding carboxylic acids is 1. The average molecular weight is 311 g/mol. The summed E-state index contributed by atoms with van der Waals surface area (Å²) in [5.41, 5.74) is 1.85. The van der Waals surface area contributed by atoms with Crippen LogP contribution >= 0.6 is 0 Å². The van der Waals surface area contributed by atoms with Gasteiger partial charge in [-0.25, -0.2) is 4.98 Å². The first-order valence-corrected chi connectivity index (χ1v) is 7.24. The van der Waals surface area contributed by atoms with Crippen molar-refractivity contribution in [1.82, 2.24) is 19.3 Å². The SMILES string of the molecule is Cc1c(NC(=O)C(C)n2cnc3ccccc3c2=O)cnn1C. The fourth-order valence-electron chi connectivity index (χ4n) is 2.34. The Hall–Kier alpha value is -2.96. The Morgan fingerprint density at radius 2 is 2.04 bits per heavy atom. The molecular weight excluding hydrogens is 294 g/mol. The number of para-hydroxylation sites is 1. The summed E-state index contributed by atoms with van der Waals surface area (Å²) in [6, 6.07) is 6.39. The van der Waals surface area contributed by atoms with E-state index in [4.69, 9.17) is 0 Å². The zero-order valence-electron chi connectivity index (χ0n) is 13.1. The van der Waals surface area contributed by atoms with Gasteiger partial charge in [-0.3, -0.25) is 18.8 Å². The van der Waals surface area contributed by atoms with Crippen LogP contribution in [0, 0.1) is 6.92 Å². The highest BCUT2D eigenvalue weighted by Gasteiger charge is 2.19. The minimum absolute atomic E-state index is 0.235. The first-order valence-electron chi connectivity index (χ1n) is 7.24. The molecule has 3 rings (SSSR count). The molecule has 7 heteroatoms. The van der Waals surface area contributed by atoms with E-state index in [1.165, 1.54) is 10.9 Å². The van der Waals surface area contributed by atoms with Crippen molar-refractivity contribution < 1.29 is 4.79 Å². The van der Waals surface area contributed by atoms with Crippen LogP contribution in [0.2, 0.25) is 0 Å². The maximum atomic E-state index is 12.5. The largest absolute Gasteiger partial charge is 0.321 e. The second-order valence-electron chi connectivity index (χ2n) is 5.41. The number of carbonyl (C=O) groups is 1. The Morgan fingerprint density at radius 3 is 2.74 bits per heavy atom. The van der Waals surface area contributed by atoms with Gasteiger partial charge >= 0.3 is 0 Å². The number of rotatable bonds is 3. The Labute approximate surface area is 132 Å². The van der Waals surface area contributed by atoms with Crippen LogP contribution in [0.4, 0.5) is 5.69 Å². The summed E-state index contributed by atoms with van der Waals surface area (Å²) < 4.78 is 3.01. The molecule has 0 fully saturated rings. The molecule has 2 heterocycles. The zero-order chi connectivity index (χ0) is 16.6. The van der Waals surface area contributed by atoms with Crippen LogP contribution in [0.3, 0.4) is 0 Å². The van der Waals surface area contributed by atoms with Gasteiger partial charge in [-0.15, -0.1) is 0 Å². The number of nitrogens with one attached hydrogen (secondary N) is 1. The highest BCUT2D eigenvalue weighted by molar-refractivity contribution is 5.94. The lowest BCUT2D eigenvalue weighted by Gasteiger charge is -2.15. The summed E-state index contributed by atoms with van der Waals surface area (Å²) in [6.07, 6.45) is 2.99. The number of benzene rings is 1. The highest BCUT2D eigenvalue weighted by atomic mass is 16.2. The Kier molecular flexibility index (Phi) is 3.69. The molecule has 0 spiro atoms. The fraction of sp³-hybridized carbons (Fsp3) is 0.250. The molecule has 1 atom stereocenters. The average Bonchev–Trinajstić information content (AvgIpc) is 2.87. The van der Waals surface area contributed by atoms with E-state index in [1.54, 1.807) is 43.0 Å². The van der Waals surface area contributed by atoms with Crippen molar-refractivity contribution >= 4 is 22.5 Å². The van der Waals surface area contributed by atoms with E-state index in [0.717, 1.165) is 5.69 Å². The summed E-state index contributed by atoms with van der Waals surface area (Å²) in [7, 11) is 1.80. The number of nitrogens with zero attached hydrogens (tertiary/aromatic N) is 4. The van der Waals surface area contributed by atoms with E-state index in [2.05, 4.69) is 15.4 Å². The van der Waals surface area contributed by atoms with Crippen LogP contribution in [0.25, 0.3) is 10.9 Å². The minimum atomic E-state index is -0.681. The van der Waals surface area contributed by atoms with Crippen LogP contribution in [0.5, 0.6) is 0 Å². The first-order chi connectivity index (χ1) is 11.0. The number of anilines is 1. The maximum absolute atomic E-state index is 12.5. The first kappa shape index (κ1) is 15.0. The summed E-state index contributed by atoms with van der Waals surface area (Å²) in [5, 5.41) is 7.37. The summed E-state index contributed by atoms with van der Waals surface area (Å²) in [5.74, 6) is -0.291. The number of amides is 1. The van der Waals surface area contributed by atoms with E-state index >= 15 is 0 Å². The number of aromatic nitrogens is 4. The van der Waals surface area contributed by atoms with Crippen molar-refractivity contribution in [2.24, 2.45) is 7.05 Å². The van der Waals surface area contributed by atoms with Gasteiger partial charge in [-0.1, -0.05) is 12.1 Å². The second-order valence-corrected chi connectivity index (χ2v) is 5.41. The van der Waals surface area contributed by atoms with Gasteiger partial charge in [0.25, 0.3) is 5.56 Å². The molecule has 0 bridgehead atoms. The van der Waals surface area contributed by atoms with Crippen LogP contribution < -0.4 is 10.9 Å². The van der Waals surface area contributed by atoms with Gasteiger partial charge in [0.2, 0.25) is 5.91 Å². The third kappa shape index (κ3) is 2.61. The fourth-order valence-corrected chi connectivity index (χ4v) is 2.34.